The molecule has 1 aromatic carbocycles. The molecule has 0 saturated carbocycles. The second-order valence-electron chi connectivity index (χ2n) is 6.69. The van der Waals surface area contributed by atoms with Crippen LogP contribution in [-0.2, 0) is 16.1 Å². The predicted octanol–water partition coefficient (Wildman–Crippen LogP) is 3.05. The average molecular weight is 330 g/mol. The van der Waals surface area contributed by atoms with Crippen molar-refractivity contribution in [2.24, 2.45) is 5.92 Å². The standard InChI is InChI=1S/C19H26N2O3/c22-18(20-11-5-2-6-12-20)17-9-13-21(14-10-17)19(23)24-15-16-7-3-1-4-8-16/h1,3-4,7-8,17H,2,5-6,9-15H2. The van der Waals surface area contributed by atoms with Crippen LogP contribution in [0.5, 0.6) is 0 Å². The van der Waals surface area contributed by atoms with Crippen LogP contribution in [0, 0.1) is 5.92 Å². The smallest absolute Gasteiger partial charge is 0.410 e. The molecule has 2 aliphatic rings. The molecule has 5 nitrogen and oxygen atoms in total. The van der Waals surface area contributed by atoms with Crippen LogP contribution in [0.3, 0.4) is 0 Å². The van der Waals surface area contributed by atoms with E-state index in [4.69, 9.17) is 4.74 Å². The summed E-state index contributed by atoms with van der Waals surface area (Å²) in [6, 6.07) is 9.69. The molecule has 0 aliphatic carbocycles. The number of hydrogen-bond donors (Lipinski definition) is 0. The van der Waals surface area contributed by atoms with E-state index in [-0.39, 0.29) is 17.9 Å². The van der Waals surface area contributed by atoms with E-state index in [0.717, 1.165) is 44.3 Å². The van der Waals surface area contributed by atoms with Gasteiger partial charge in [-0.15, -0.1) is 0 Å². The van der Waals surface area contributed by atoms with Gasteiger partial charge in [0.1, 0.15) is 6.61 Å². The number of carbonyl (C=O) groups excluding carboxylic acids is 2. The van der Waals surface area contributed by atoms with Crippen molar-refractivity contribution in [3.63, 3.8) is 0 Å². The van der Waals surface area contributed by atoms with E-state index >= 15 is 0 Å². The van der Waals surface area contributed by atoms with Crippen molar-refractivity contribution in [2.75, 3.05) is 26.2 Å². The molecule has 130 valence electrons. The van der Waals surface area contributed by atoms with E-state index < -0.39 is 0 Å². The number of piperidine rings is 2. The first-order valence-electron chi connectivity index (χ1n) is 8.98. The lowest BCUT2D eigenvalue weighted by Gasteiger charge is -2.35. The third-order valence-corrected chi connectivity index (χ3v) is 4.98. The highest BCUT2D eigenvalue weighted by Crippen LogP contribution is 2.22. The first-order chi connectivity index (χ1) is 11.7. The fraction of sp³-hybridized carbons (Fsp3) is 0.579. The van der Waals surface area contributed by atoms with Crippen molar-refractivity contribution in [1.29, 1.82) is 0 Å². The molecule has 2 heterocycles. The zero-order valence-corrected chi connectivity index (χ0v) is 14.2. The van der Waals surface area contributed by atoms with Gasteiger partial charge in [0.25, 0.3) is 0 Å². The molecule has 0 unspecified atom stereocenters. The van der Waals surface area contributed by atoms with Crippen molar-refractivity contribution < 1.29 is 14.3 Å². The Morgan fingerprint density at radius 1 is 0.917 bits per heavy atom. The third-order valence-electron chi connectivity index (χ3n) is 4.98. The summed E-state index contributed by atoms with van der Waals surface area (Å²) in [6.45, 7) is 3.32. The Hall–Kier alpha value is -2.04. The van der Waals surface area contributed by atoms with Crippen molar-refractivity contribution in [3.8, 4) is 0 Å². The van der Waals surface area contributed by atoms with Crippen molar-refractivity contribution in [1.82, 2.24) is 9.80 Å². The molecule has 0 atom stereocenters. The zero-order chi connectivity index (χ0) is 16.8. The Bertz CT molecular complexity index is 547. The number of hydrogen-bond acceptors (Lipinski definition) is 3. The van der Waals surface area contributed by atoms with Crippen LogP contribution in [0.2, 0.25) is 0 Å². The van der Waals surface area contributed by atoms with E-state index in [0.29, 0.717) is 19.7 Å². The van der Waals surface area contributed by atoms with E-state index in [1.165, 1.54) is 6.42 Å². The Kier molecular flexibility index (Phi) is 5.72. The molecular weight excluding hydrogens is 304 g/mol. The summed E-state index contributed by atoms with van der Waals surface area (Å²) in [6.07, 6.45) is 4.69. The molecule has 0 spiro atoms. The minimum atomic E-state index is -0.275. The summed E-state index contributed by atoms with van der Waals surface area (Å²) in [4.78, 5) is 28.4. The van der Waals surface area contributed by atoms with Crippen molar-refractivity contribution >= 4 is 12.0 Å². The molecule has 2 amide bonds. The second-order valence-corrected chi connectivity index (χ2v) is 6.69. The predicted molar refractivity (Wildman–Crippen MR) is 91.4 cm³/mol. The van der Waals surface area contributed by atoms with Gasteiger partial charge in [0.2, 0.25) is 5.91 Å². The van der Waals surface area contributed by atoms with Gasteiger partial charge in [-0.25, -0.2) is 4.79 Å². The lowest BCUT2D eigenvalue weighted by molar-refractivity contribution is -0.137. The number of amides is 2. The Morgan fingerprint density at radius 2 is 1.58 bits per heavy atom. The Morgan fingerprint density at radius 3 is 2.25 bits per heavy atom. The topological polar surface area (TPSA) is 49.9 Å². The van der Waals surface area contributed by atoms with Gasteiger partial charge in [0.15, 0.2) is 0 Å². The molecule has 0 aromatic heterocycles. The monoisotopic (exact) mass is 330 g/mol. The lowest BCUT2D eigenvalue weighted by atomic mass is 9.94. The van der Waals surface area contributed by atoms with Gasteiger partial charge in [-0.1, -0.05) is 30.3 Å². The lowest BCUT2D eigenvalue weighted by Crippen LogP contribution is -2.45. The van der Waals surface area contributed by atoms with Crippen LogP contribution in [0.15, 0.2) is 30.3 Å². The van der Waals surface area contributed by atoms with E-state index in [9.17, 15) is 9.59 Å². The Balaban J connectivity index is 1.42. The summed E-state index contributed by atoms with van der Waals surface area (Å²) < 4.78 is 5.37. The molecule has 0 radical (unpaired) electrons. The van der Waals surface area contributed by atoms with E-state index in [2.05, 4.69) is 0 Å². The van der Waals surface area contributed by atoms with Gasteiger partial charge in [-0.2, -0.15) is 0 Å². The first kappa shape index (κ1) is 16.8. The zero-order valence-electron chi connectivity index (χ0n) is 14.2. The maximum absolute atomic E-state index is 12.5. The van der Waals surface area contributed by atoms with Gasteiger partial charge in [0, 0.05) is 32.1 Å². The average Bonchev–Trinajstić information content (AvgIpc) is 2.67. The molecule has 0 N–H and O–H groups in total. The van der Waals surface area contributed by atoms with E-state index in [1.807, 2.05) is 35.2 Å². The maximum Gasteiger partial charge on any atom is 0.410 e. The number of carbonyl (C=O) groups is 2. The molecule has 24 heavy (non-hydrogen) atoms. The molecule has 2 saturated heterocycles. The van der Waals surface area contributed by atoms with Crippen LogP contribution < -0.4 is 0 Å². The quantitative estimate of drug-likeness (QED) is 0.856. The normalized spacial score (nSPS) is 19.2. The van der Waals surface area contributed by atoms with Crippen LogP contribution in [0.4, 0.5) is 4.79 Å². The van der Waals surface area contributed by atoms with Crippen molar-refractivity contribution in [3.05, 3.63) is 35.9 Å². The van der Waals surface area contributed by atoms with Crippen LogP contribution in [0.1, 0.15) is 37.7 Å². The summed E-state index contributed by atoms with van der Waals surface area (Å²) in [5.41, 5.74) is 0.987. The first-order valence-corrected chi connectivity index (χ1v) is 8.98. The fourth-order valence-electron chi connectivity index (χ4n) is 3.49. The number of nitrogens with zero attached hydrogens (tertiary/aromatic N) is 2. The maximum atomic E-state index is 12.5. The minimum Gasteiger partial charge on any atom is -0.445 e. The van der Waals surface area contributed by atoms with Gasteiger partial charge in [-0.3, -0.25) is 4.79 Å². The fourth-order valence-corrected chi connectivity index (χ4v) is 3.49. The summed E-state index contributed by atoms with van der Waals surface area (Å²) in [7, 11) is 0. The highest BCUT2D eigenvalue weighted by molar-refractivity contribution is 5.79. The van der Waals surface area contributed by atoms with E-state index in [1.54, 1.807) is 4.90 Å². The molecule has 2 fully saturated rings. The van der Waals surface area contributed by atoms with Crippen LogP contribution in [-0.4, -0.2) is 48.0 Å². The highest BCUT2D eigenvalue weighted by atomic mass is 16.6. The summed E-state index contributed by atoms with van der Waals surface area (Å²) in [5, 5.41) is 0. The largest absolute Gasteiger partial charge is 0.445 e. The minimum absolute atomic E-state index is 0.0706. The number of ether oxygens (including phenoxy) is 1. The summed E-state index contributed by atoms with van der Waals surface area (Å²) in [5.74, 6) is 0.355. The number of benzene rings is 1. The number of rotatable bonds is 3. The molecule has 2 aliphatic heterocycles. The van der Waals surface area contributed by atoms with Crippen LogP contribution in [0.25, 0.3) is 0 Å². The van der Waals surface area contributed by atoms with Gasteiger partial charge in [-0.05, 0) is 37.7 Å². The second kappa shape index (κ2) is 8.18. The third kappa shape index (κ3) is 4.28. The van der Waals surface area contributed by atoms with Gasteiger partial charge in [0.05, 0.1) is 0 Å². The Labute approximate surface area is 143 Å². The van der Waals surface area contributed by atoms with Gasteiger partial charge >= 0.3 is 6.09 Å². The van der Waals surface area contributed by atoms with Gasteiger partial charge < -0.3 is 14.5 Å². The number of likely N-dealkylation sites (tertiary alicyclic amines) is 2. The van der Waals surface area contributed by atoms with Crippen LogP contribution >= 0.6 is 0 Å². The molecule has 0 bridgehead atoms. The molecule has 1 aromatic rings. The van der Waals surface area contributed by atoms with Crippen molar-refractivity contribution in [2.45, 2.75) is 38.7 Å². The molecular formula is C19H26N2O3. The molecule has 3 rings (SSSR count). The molecule has 5 heteroatoms. The highest BCUT2D eigenvalue weighted by Gasteiger charge is 2.31. The summed E-state index contributed by atoms with van der Waals surface area (Å²) >= 11 is 0. The SMILES string of the molecule is O=C(OCc1ccccc1)N1CCC(C(=O)N2CCCCC2)CC1.